The third-order valence-electron chi connectivity index (χ3n) is 1.81. The van der Waals surface area contributed by atoms with E-state index >= 15 is 0 Å². The fraction of sp³-hybridized carbons (Fsp3) is 0.222. The summed E-state index contributed by atoms with van der Waals surface area (Å²) >= 11 is 9.06. The molecule has 0 saturated heterocycles. The van der Waals surface area contributed by atoms with Crippen LogP contribution in [0.5, 0.6) is 0 Å². The molecule has 0 N–H and O–H groups in total. The molecule has 2 nitrogen and oxygen atoms in total. The number of halogens is 2. The number of aromatic nitrogens is 1. The number of para-hydroxylation sites is 1. The van der Waals surface area contributed by atoms with Crippen molar-refractivity contribution in [3.8, 4) is 0 Å². The monoisotopic (exact) mass is 259 g/mol. The smallest absolute Gasteiger partial charge is 0.206 e. The van der Waals surface area contributed by atoms with E-state index in [4.69, 9.17) is 16.0 Å². The number of nitrogens with zero attached hydrogens (tertiary/aromatic N) is 1. The van der Waals surface area contributed by atoms with Crippen LogP contribution >= 0.6 is 27.5 Å². The molecule has 2 rings (SSSR count). The van der Waals surface area contributed by atoms with Crippen molar-refractivity contribution < 1.29 is 4.42 Å². The number of alkyl halides is 2. The van der Waals surface area contributed by atoms with Crippen LogP contribution in [-0.2, 0) is 11.2 Å². The minimum absolute atomic E-state index is 0.464. The van der Waals surface area contributed by atoms with Gasteiger partial charge in [0.2, 0.25) is 5.89 Å². The molecule has 2 aromatic rings. The summed E-state index contributed by atoms with van der Waals surface area (Å²) in [6, 6.07) is 5.77. The summed E-state index contributed by atoms with van der Waals surface area (Å²) in [6.45, 7) is 0. The maximum Gasteiger partial charge on any atom is 0.206 e. The second-order valence-corrected chi connectivity index (χ2v) is 3.47. The van der Waals surface area contributed by atoms with Crippen molar-refractivity contribution in [3.05, 3.63) is 29.7 Å². The molecule has 68 valence electrons. The molecule has 0 fully saturated rings. The van der Waals surface area contributed by atoms with E-state index in [1.165, 1.54) is 0 Å². The Bertz CT molecular complexity index is 426. The molecule has 0 aliphatic rings. The predicted molar refractivity (Wildman–Crippen MR) is 56.2 cm³/mol. The molecule has 0 atom stereocenters. The van der Waals surface area contributed by atoms with E-state index in [0.717, 1.165) is 16.7 Å². The van der Waals surface area contributed by atoms with Gasteiger partial charge in [-0.2, -0.15) is 0 Å². The number of hydrogen-bond acceptors (Lipinski definition) is 2. The highest BCUT2D eigenvalue weighted by molar-refractivity contribution is 9.08. The molecule has 0 radical (unpaired) electrons. The molecule has 1 aromatic heterocycles. The minimum atomic E-state index is 0.464. The van der Waals surface area contributed by atoms with Gasteiger partial charge >= 0.3 is 0 Å². The molecule has 13 heavy (non-hydrogen) atoms. The van der Waals surface area contributed by atoms with Crippen LogP contribution in [0.4, 0.5) is 0 Å². The van der Waals surface area contributed by atoms with Gasteiger partial charge in [0.15, 0.2) is 5.58 Å². The highest BCUT2D eigenvalue weighted by Crippen LogP contribution is 2.21. The SMILES string of the molecule is ClCc1cccc2oc(CBr)nc12. The Kier molecular flexibility index (Phi) is 2.56. The first kappa shape index (κ1) is 9.03. The fourth-order valence-electron chi connectivity index (χ4n) is 1.22. The quantitative estimate of drug-likeness (QED) is 0.773. The zero-order valence-corrected chi connectivity index (χ0v) is 9.10. The lowest BCUT2D eigenvalue weighted by Crippen LogP contribution is -1.80. The molecule has 1 aromatic carbocycles. The van der Waals surface area contributed by atoms with E-state index in [-0.39, 0.29) is 0 Å². The summed E-state index contributed by atoms with van der Waals surface area (Å²) in [5, 5.41) is 0.628. The van der Waals surface area contributed by atoms with Crippen LogP contribution in [0, 0.1) is 0 Å². The first-order valence-corrected chi connectivity index (χ1v) is 5.50. The first-order valence-electron chi connectivity index (χ1n) is 3.84. The van der Waals surface area contributed by atoms with Crippen LogP contribution < -0.4 is 0 Å². The third-order valence-corrected chi connectivity index (χ3v) is 2.57. The number of fused-ring (bicyclic) bond motifs is 1. The average molecular weight is 261 g/mol. The summed E-state index contributed by atoms with van der Waals surface area (Å²) in [6.07, 6.45) is 0. The van der Waals surface area contributed by atoms with Crippen molar-refractivity contribution in [3.63, 3.8) is 0 Å². The van der Waals surface area contributed by atoms with Crippen molar-refractivity contribution in [2.24, 2.45) is 0 Å². The van der Waals surface area contributed by atoms with Crippen molar-refractivity contribution in [1.82, 2.24) is 4.98 Å². The molecule has 0 spiro atoms. The van der Waals surface area contributed by atoms with E-state index in [1.807, 2.05) is 18.2 Å². The van der Waals surface area contributed by atoms with Crippen molar-refractivity contribution in [2.75, 3.05) is 0 Å². The summed E-state index contributed by atoms with van der Waals surface area (Å²) in [5.41, 5.74) is 2.68. The fourth-order valence-corrected chi connectivity index (χ4v) is 1.67. The van der Waals surface area contributed by atoms with Gasteiger partial charge in [-0.25, -0.2) is 4.98 Å². The van der Waals surface area contributed by atoms with Gasteiger partial charge in [0.1, 0.15) is 5.52 Å². The molecular weight excluding hydrogens is 253 g/mol. The average Bonchev–Trinajstić information content (AvgIpc) is 2.59. The maximum absolute atomic E-state index is 5.76. The van der Waals surface area contributed by atoms with Gasteiger partial charge in [-0.1, -0.05) is 28.1 Å². The zero-order chi connectivity index (χ0) is 9.26. The standard InChI is InChI=1S/C9H7BrClNO/c10-4-8-12-9-6(5-11)2-1-3-7(9)13-8/h1-3H,4-5H2. The Labute approximate surface area is 89.0 Å². The Hall–Kier alpha value is -0.540. The molecule has 0 aliphatic heterocycles. The molecule has 0 saturated carbocycles. The van der Waals surface area contributed by atoms with Gasteiger partial charge in [0.05, 0.1) is 5.33 Å². The van der Waals surface area contributed by atoms with Crippen molar-refractivity contribution in [2.45, 2.75) is 11.2 Å². The highest BCUT2D eigenvalue weighted by atomic mass is 79.9. The Balaban J connectivity index is 2.67. The molecule has 1 heterocycles. The summed E-state index contributed by atoms with van der Waals surface area (Å²) in [4.78, 5) is 4.30. The van der Waals surface area contributed by atoms with Gasteiger partial charge in [-0.3, -0.25) is 0 Å². The first-order chi connectivity index (χ1) is 6.35. The van der Waals surface area contributed by atoms with E-state index in [0.29, 0.717) is 17.1 Å². The van der Waals surface area contributed by atoms with E-state index < -0.39 is 0 Å². The molecule has 0 aliphatic carbocycles. The minimum Gasteiger partial charge on any atom is -0.440 e. The number of oxazole rings is 1. The highest BCUT2D eigenvalue weighted by Gasteiger charge is 2.07. The van der Waals surface area contributed by atoms with Crippen LogP contribution in [-0.4, -0.2) is 4.98 Å². The molecular formula is C9H7BrClNO. The molecule has 0 amide bonds. The molecule has 0 bridgehead atoms. The van der Waals surface area contributed by atoms with Gasteiger partial charge in [-0.15, -0.1) is 11.6 Å². The lowest BCUT2D eigenvalue weighted by Gasteiger charge is -1.92. The normalized spacial score (nSPS) is 10.9. The molecule has 0 unspecified atom stereocenters. The van der Waals surface area contributed by atoms with Crippen LogP contribution in [0.1, 0.15) is 11.5 Å². The number of hydrogen-bond donors (Lipinski definition) is 0. The lowest BCUT2D eigenvalue weighted by atomic mass is 10.2. The van der Waals surface area contributed by atoms with Gasteiger partial charge in [0.25, 0.3) is 0 Å². The van der Waals surface area contributed by atoms with E-state index in [1.54, 1.807) is 0 Å². The van der Waals surface area contributed by atoms with Gasteiger partial charge in [0, 0.05) is 5.88 Å². The summed E-state index contributed by atoms with van der Waals surface area (Å²) in [7, 11) is 0. The summed E-state index contributed by atoms with van der Waals surface area (Å²) < 4.78 is 5.44. The van der Waals surface area contributed by atoms with Crippen molar-refractivity contribution >= 4 is 38.6 Å². The molecule has 4 heteroatoms. The van der Waals surface area contributed by atoms with Crippen molar-refractivity contribution in [1.29, 1.82) is 0 Å². The zero-order valence-electron chi connectivity index (χ0n) is 6.76. The second-order valence-electron chi connectivity index (χ2n) is 2.64. The maximum atomic E-state index is 5.76. The number of rotatable bonds is 2. The Morgan fingerprint density at radius 2 is 2.31 bits per heavy atom. The van der Waals surface area contributed by atoms with Gasteiger partial charge < -0.3 is 4.42 Å². The second kappa shape index (κ2) is 3.68. The topological polar surface area (TPSA) is 26.0 Å². The third kappa shape index (κ3) is 1.58. The van der Waals surface area contributed by atoms with Crippen LogP contribution in [0.2, 0.25) is 0 Å². The van der Waals surface area contributed by atoms with E-state index in [9.17, 15) is 0 Å². The van der Waals surface area contributed by atoms with E-state index in [2.05, 4.69) is 20.9 Å². The Morgan fingerprint density at radius 1 is 1.46 bits per heavy atom. The predicted octanol–water partition coefficient (Wildman–Crippen LogP) is 3.46. The van der Waals surface area contributed by atoms with Gasteiger partial charge in [-0.05, 0) is 11.6 Å². The lowest BCUT2D eigenvalue weighted by molar-refractivity contribution is 0.557. The Morgan fingerprint density at radius 3 is 3.00 bits per heavy atom. The van der Waals surface area contributed by atoms with Crippen LogP contribution in [0.3, 0.4) is 0 Å². The largest absolute Gasteiger partial charge is 0.440 e. The van der Waals surface area contributed by atoms with Crippen LogP contribution in [0.15, 0.2) is 22.6 Å². The number of benzene rings is 1. The summed E-state index contributed by atoms with van der Waals surface area (Å²) in [5.74, 6) is 1.15. The van der Waals surface area contributed by atoms with Crippen LogP contribution in [0.25, 0.3) is 11.1 Å².